The maximum absolute atomic E-state index is 13.7. The van der Waals surface area contributed by atoms with E-state index in [1.807, 2.05) is 18.7 Å². The standard InChI is InChI=1S/C27H32F3N7O2/c1-16-6-7-18(11-24(16)37(32)15-22(31)21-13-33-35(3)17(21)2)26(38)34-23-12-20(27(28,29)30)10-19(25(23)39-4)14-36-8-5-9-36/h6-7,10-13,15H,5,8-9,14,31-32H2,1-4H3,(H,34,38)/b22-15-. The highest BCUT2D eigenvalue weighted by atomic mass is 19.4. The van der Waals surface area contributed by atoms with E-state index in [1.54, 1.807) is 36.1 Å². The summed E-state index contributed by atoms with van der Waals surface area (Å²) in [5.41, 5.74) is 9.05. The Hall–Kier alpha value is -4.03. The molecule has 0 saturated carbocycles. The lowest BCUT2D eigenvalue weighted by Crippen LogP contribution is -2.36. The largest absolute Gasteiger partial charge is 0.494 e. The fourth-order valence-corrected chi connectivity index (χ4v) is 4.38. The minimum absolute atomic E-state index is 0.0595. The van der Waals surface area contributed by atoms with Gasteiger partial charge in [0.15, 0.2) is 0 Å². The van der Waals surface area contributed by atoms with Crippen molar-refractivity contribution in [3.05, 3.63) is 76.2 Å². The molecule has 1 saturated heterocycles. The zero-order valence-corrected chi connectivity index (χ0v) is 22.3. The van der Waals surface area contributed by atoms with Gasteiger partial charge >= 0.3 is 6.18 Å². The highest BCUT2D eigenvalue weighted by Crippen LogP contribution is 2.39. The van der Waals surface area contributed by atoms with Gasteiger partial charge in [0.05, 0.1) is 35.9 Å². The van der Waals surface area contributed by atoms with Crippen LogP contribution in [-0.2, 0) is 19.8 Å². The lowest BCUT2D eigenvalue weighted by molar-refractivity contribution is -0.137. The molecule has 2 aromatic carbocycles. The van der Waals surface area contributed by atoms with E-state index in [0.717, 1.165) is 42.9 Å². The summed E-state index contributed by atoms with van der Waals surface area (Å²) >= 11 is 0. The molecule has 1 aliphatic heterocycles. The van der Waals surface area contributed by atoms with Crippen molar-refractivity contribution < 1.29 is 22.7 Å². The third-order valence-corrected chi connectivity index (χ3v) is 6.86. The van der Waals surface area contributed by atoms with Gasteiger partial charge in [0.2, 0.25) is 0 Å². The van der Waals surface area contributed by atoms with Crippen LogP contribution in [0.1, 0.15) is 44.7 Å². The number of ether oxygens (including phenoxy) is 1. The number of hydrazine groups is 1. The Balaban J connectivity index is 1.64. The summed E-state index contributed by atoms with van der Waals surface area (Å²) in [6.45, 7) is 5.56. The van der Waals surface area contributed by atoms with Gasteiger partial charge in [-0.3, -0.25) is 19.4 Å². The van der Waals surface area contributed by atoms with Crippen LogP contribution in [0.3, 0.4) is 0 Å². The van der Waals surface area contributed by atoms with Crippen molar-refractivity contribution >= 4 is 23.0 Å². The van der Waals surface area contributed by atoms with Crippen LogP contribution in [0.15, 0.2) is 42.7 Å². The molecular weight excluding hydrogens is 511 g/mol. The van der Waals surface area contributed by atoms with Crippen LogP contribution in [0.4, 0.5) is 24.5 Å². The SMILES string of the molecule is COc1c(CN2CCC2)cc(C(F)(F)F)cc1NC(=O)c1ccc(C)c(N(N)/C=C(\N)c2cnn(C)c2C)c1. The Morgan fingerprint density at radius 2 is 1.95 bits per heavy atom. The average Bonchev–Trinajstić information content (AvgIpc) is 3.18. The number of aromatic nitrogens is 2. The number of amides is 1. The number of hydrogen-bond donors (Lipinski definition) is 3. The number of nitrogens with zero attached hydrogens (tertiary/aromatic N) is 4. The molecule has 0 aliphatic carbocycles. The van der Waals surface area contributed by atoms with E-state index in [-0.39, 0.29) is 23.5 Å². The average molecular weight is 544 g/mol. The fourth-order valence-electron chi connectivity index (χ4n) is 4.38. The number of halogens is 3. The van der Waals surface area contributed by atoms with Gasteiger partial charge in [-0.25, -0.2) is 5.84 Å². The molecule has 2 heterocycles. The molecule has 1 fully saturated rings. The number of nitrogens with two attached hydrogens (primary N) is 2. The van der Waals surface area contributed by atoms with Gasteiger partial charge in [0.1, 0.15) is 5.75 Å². The summed E-state index contributed by atoms with van der Waals surface area (Å²) in [6.07, 6.45) is -0.455. The smallest absolute Gasteiger partial charge is 0.416 e. The van der Waals surface area contributed by atoms with E-state index in [4.69, 9.17) is 16.3 Å². The highest BCUT2D eigenvalue weighted by molar-refractivity contribution is 6.06. The Morgan fingerprint density at radius 1 is 1.23 bits per heavy atom. The third kappa shape index (κ3) is 6.02. The quantitative estimate of drug-likeness (QED) is 0.289. The molecule has 9 nitrogen and oxygen atoms in total. The second-order valence-electron chi connectivity index (χ2n) is 9.56. The normalized spacial score (nSPS) is 14.2. The molecule has 1 aromatic heterocycles. The second-order valence-corrected chi connectivity index (χ2v) is 9.56. The van der Waals surface area contributed by atoms with Crippen LogP contribution in [0.2, 0.25) is 0 Å². The molecule has 3 aromatic rings. The molecule has 1 amide bonds. The number of carbonyl (C=O) groups is 1. The van der Waals surface area contributed by atoms with E-state index >= 15 is 0 Å². The molecule has 39 heavy (non-hydrogen) atoms. The number of nitrogens with one attached hydrogen (secondary N) is 1. The zero-order chi connectivity index (χ0) is 28.5. The van der Waals surface area contributed by atoms with E-state index in [0.29, 0.717) is 22.5 Å². The van der Waals surface area contributed by atoms with E-state index < -0.39 is 17.6 Å². The predicted molar refractivity (Wildman–Crippen MR) is 144 cm³/mol. The first-order valence-corrected chi connectivity index (χ1v) is 12.3. The summed E-state index contributed by atoms with van der Waals surface area (Å²) in [7, 11) is 3.17. The molecular formula is C27H32F3N7O2. The number of alkyl halides is 3. The first kappa shape index (κ1) is 28.0. The van der Waals surface area contributed by atoms with Crippen LogP contribution >= 0.6 is 0 Å². The van der Waals surface area contributed by atoms with Gasteiger partial charge in [0, 0.05) is 42.2 Å². The van der Waals surface area contributed by atoms with Gasteiger partial charge in [0.25, 0.3) is 5.91 Å². The van der Waals surface area contributed by atoms with Crippen molar-refractivity contribution in [3.8, 4) is 5.75 Å². The minimum Gasteiger partial charge on any atom is -0.494 e. The number of methoxy groups -OCH3 is 1. The summed E-state index contributed by atoms with van der Waals surface area (Å²) in [5.74, 6) is 5.86. The Labute approximate surface area is 224 Å². The van der Waals surface area contributed by atoms with Crippen molar-refractivity contribution in [1.82, 2.24) is 14.7 Å². The second kappa shape index (κ2) is 11.0. The fraction of sp³-hybridized carbons (Fsp3) is 0.333. The number of anilines is 2. The maximum atomic E-state index is 13.7. The number of aryl methyl sites for hydroxylation is 2. The topological polar surface area (TPSA) is 115 Å². The Kier molecular flexibility index (Phi) is 7.89. The van der Waals surface area contributed by atoms with Gasteiger partial charge < -0.3 is 15.8 Å². The summed E-state index contributed by atoms with van der Waals surface area (Å²) < 4.78 is 48.3. The first-order valence-electron chi connectivity index (χ1n) is 12.3. The number of likely N-dealkylation sites (tertiary alicyclic amines) is 1. The maximum Gasteiger partial charge on any atom is 0.416 e. The van der Waals surface area contributed by atoms with Gasteiger partial charge in [-0.2, -0.15) is 18.3 Å². The molecule has 0 radical (unpaired) electrons. The number of rotatable bonds is 8. The van der Waals surface area contributed by atoms with E-state index in [9.17, 15) is 18.0 Å². The summed E-state index contributed by atoms with van der Waals surface area (Å²) in [4.78, 5) is 15.3. The zero-order valence-electron chi connectivity index (χ0n) is 22.3. The summed E-state index contributed by atoms with van der Waals surface area (Å²) in [5, 5.41) is 8.08. The Morgan fingerprint density at radius 3 is 2.51 bits per heavy atom. The van der Waals surface area contributed by atoms with Gasteiger partial charge in [-0.05, 0) is 63.2 Å². The van der Waals surface area contributed by atoms with Crippen LogP contribution in [0.25, 0.3) is 5.70 Å². The van der Waals surface area contributed by atoms with Crippen LogP contribution < -0.4 is 26.6 Å². The highest BCUT2D eigenvalue weighted by Gasteiger charge is 2.33. The van der Waals surface area contributed by atoms with Crippen LogP contribution in [0.5, 0.6) is 5.75 Å². The molecule has 5 N–H and O–H groups in total. The molecule has 0 atom stereocenters. The summed E-state index contributed by atoms with van der Waals surface area (Å²) in [6, 6.07) is 6.78. The molecule has 1 aliphatic rings. The lowest BCUT2D eigenvalue weighted by atomic mass is 10.0. The van der Waals surface area contributed by atoms with Crippen molar-refractivity contribution in [1.29, 1.82) is 0 Å². The van der Waals surface area contributed by atoms with E-state index in [1.165, 1.54) is 18.3 Å². The molecule has 0 spiro atoms. The minimum atomic E-state index is -4.59. The first-order chi connectivity index (χ1) is 18.4. The van der Waals surface area contributed by atoms with Crippen LogP contribution in [0, 0.1) is 13.8 Å². The Bertz CT molecular complexity index is 1410. The molecule has 0 unspecified atom stereocenters. The van der Waals surface area contributed by atoms with Crippen molar-refractivity contribution in [2.24, 2.45) is 18.6 Å². The third-order valence-electron chi connectivity index (χ3n) is 6.86. The molecule has 4 rings (SSSR count). The van der Waals surface area contributed by atoms with Crippen molar-refractivity contribution in [3.63, 3.8) is 0 Å². The predicted octanol–water partition coefficient (Wildman–Crippen LogP) is 4.16. The lowest BCUT2D eigenvalue weighted by Gasteiger charge is -2.31. The number of carbonyl (C=O) groups excluding carboxylic acids is 1. The van der Waals surface area contributed by atoms with E-state index in [2.05, 4.69) is 10.4 Å². The molecule has 0 bridgehead atoms. The number of benzene rings is 2. The van der Waals surface area contributed by atoms with Crippen LogP contribution in [-0.4, -0.2) is 40.8 Å². The van der Waals surface area contributed by atoms with Gasteiger partial charge in [-0.1, -0.05) is 6.07 Å². The van der Waals surface area contributed by atoms with Crippen molar-refractivity contribution in [2.75, 3.05) is 30.5 Å². The van der Waals surface area contributed by atoms with Gasteiger partial charge in [-0.15, -0.1) is 0 Å². The molecule has 208 valence electrons. The van der Waals surface area contributed by atoms with Crippen molar-refractivity contribution in [2.45, 2.75) is 33.0 Å². The monoisotopic (exact) mass is 543 g/mol. The molecule has 12 heteroatoms. The number of hydrogen-bond acceptors (Lipinski definition) is 7.